The van der Waals surface area contributed by atoms with Crippen LogP contribution in [0.2, 0.25) is 0 Å². The Bertz CT molecular complexity index is 561. The topological polar surface area (TPSA) is 4.93 Å². The molecule has 0 saturated heterocycles. The van der Waals surface area contributed by atoms with Crippen molar-refractivity contribution in [3.05, 3.63) is 22.5 Å². The number of nitrogens with zero attached hydrogens (tertiary/aromatic N) is 1. The van der Waals surface area contributed by atoms with Gasteiger partial charge in [-0.15, -0.1) is 0 Å². The van der Waals surface area contributed by atoms with Gasteiger partial charge in [-0.3, -0.25) is 0 Å². The zero-order chi connectivity index (χ0) is 16.4. The highest BCUT2D eigenvalue weighted by Gasteiger charge is 2.52. The molecule has 4 fully saturated rings. The van der Waals surface area contributed by atoms with E-state index in [4.69, 9.17) is 0 Å². The highest BCUT2D eigenvalue weighted by atomic mass is 15.0. The molecular weight excluding hydrogens is 290 g/mol. The minimum Gasteiger partial charge on any atom is -0.352 e. The monoisotopic (exact) mass is 325 g/mol. The summed E-state index contributed by atoms with van der Waals surface area (Å²) in [6.07, 6.45) is 14.9. The largest absolute Gasteiger partial charge is 0.352 e. The standard InChI is InChI=1S/C23H35N/c1-14-20(12-22-16-8-4-5-9-17(16)22)21(15(2)24(14)3)13-23-18-10-6-7-11-19(18)23/h16-19,22-23H,4-13H2,1-3H3/t16-,17+,18-,19+,22?,23?. The average molecular weight is 326 g/mol. The Morgan fingerprint density at radius 1 is 0.667 bits per heavy atom. The van der Waals surface area contributed by atoms with E-state index in [2.05, 4.69) is 25.5 Å². The second-order valence-electron chi connectivity index (χ2n) is 9.65. The first-order valence-electron chi connectivity index (χ1n) is 10.8. The van der Waals surface area contributed by atoms with Gasteiger partial charge in [0.15, 0.2) is 0 Å². The van der Waals surface area contributed by atoms with Crippen molar-refractivity contribution in [2.75, 3.05) is 0 Å². The van der Waals surface area contributed by atoms with Gasteiger partial charge < -0.3 is 4.57 Å². The minimum absolute atomic E-state index is 1.04. The molecule has 1 aromatic heterocycles. The van der Waals surface area contributed by atoms with Gasteiger partial charge in [0.05, 0.1) is 0 Å². The van der Waals surface area contributed by atoms with Crippen LogP contribution in [0, 0.1) is 49.4 Å². The predicted molar refractivity (Wildman–Crippen MR) is 100 cm³/mol. The molecule has 0 radical (unpaired) electrons. The average Bonchev–Trinajstić information content (AvgIpc) is 3.49. The Balaban J connectivity index is 1.37. The van der Waals surface area contributed by atoms with Crippen molar-refractivity contribution in [1.29, 1.82) is 0 Å². The van der Waals surface area contributed by atoms with Crippen LogP contribution in [0.4, 0.5) is 0 Å². The lowest BCUT2D eigenvalue weighted by molar-refractivity contribution is 0.480. The second kappa shape index (κ2) is 5.64. The molecule has 6 atom stereocenters. The van der Waals surface area contributed by atoms with Gasteiger partial charge >= 0.3 is 0 Å². The molecular formula is C23H35N. The lowest BCUT2D eigenvalue weighted by Gasteiger charge is -2.07. The molecule has 0 amide bonds. The van der Waals surface area contributed by atoms with Crippen molar-refractivity contribution < 1.29 is 0 Å². The molecule has 1 nitrogen and oxygen atoms in total. The van der Waals surface area contributed by atoms with Gasteiger partial charge in [0, 0.05) is 18.4 Å². The van der Waals surface area contributed by atoms with E-state index < -0.39 is 0 Å². The van der Waals surface area contributed by atoms with E-state index in [1.165, 1.54) is 64.2 Å². The maximum Gasteiger partial charge on any atom is 0.0178 e. The summed E-state index contributed by atoms with van der Waals surface area (Å²) in [6, 6.07) is 0. The van der Waals surface area contributed by atoms with Crippen LogP contribution < -0.4 is 0 Å². The van der Waals surface area contributed by atoms with E-state index >= 15 is 0 Å². The van der Waals surface area contributed by atoms with Crippen LogP contribution in [0.3, 0.4) is 0 Å². The Morgan fingerprint density at radius 3 is 1.33 bits per heavy atom. The molecule has 4 aliphatic carbocycles. The highest BCUT2D eigenvalue weighted by molar-refractivity contribution is 5.40. The highest BCUT2D eigenvalue weighted by Crippen LogP contribution is 2.59. The summed E-state index contributed by atoms with van der Waals surface area (Å²) in [5, 5.41) is 0. The molecule has 24 heavy (non-hydrogen) atoms. The molecule has 5 rings (SSSR count). The van der Waals surface area contributed by atoms with Crippen molar-refractivity contribution >= 4 is 0 Å². The molecule has 1 aromatic rings. The Labute approximate surface area is 148 Å². The quantitative estimate of drug-likeness (QED) is 0.679. The van der Waals surface area contributed by atoms with E-state index in [9.17, 15) is 0 Å². The Kier molecular flexibility index (Phi) is 3.65. The first-order chi connectivity index (χ1) is 11.7. The lowest BCUT2D eigenvalue weighted by atomic mass is 9.96. The number of fused-ring (bicyclic) bond motifs is 2. The number of rotatable bonds is 4. The van der Waals surface area contributed by atoms with Crippen LogP contribution in [0.15, 0.2) is 0 Å². The van der Waals surface area contributed by atoms with Crippen molar-refractivity contribution in [3.63, 3.8) is 0 Å². The van der Waals surface area contributed by atoms with Crippen LogP contribution in [-0.4, -0.2) is 4.57 Å². The molecule has 1 heteroatoms. The smallest absolute Gasteiger partial charge is 0.0178 e. The van der Waals surface area contributed by atoms with Crippen molar-refractivity contribution in [3.8, 4) is 0 Å². The van der Waals surface area contributed by atoms with Crippen LogP contribution >= 0.6 is 0 Å². The normalized spacial score (nSPS) is 40.1. The van der Waals surface area contributed by atoms with E-state index in [-0.39, 0.29) is 0 Å². The van der Waals surface area contributed by atoms with Crippen LogP contribution in [-0.2, 0) is 19.9 Å². The summed E-state index contributed by atoms with van der Waals surface area (Å²) in [7, 11) is 2.30. The number of hydrogen-bond donors (Lipinski definition) is 0. The number of aromatic nitrogens is 1. The van der Waals surface area contributed by atoms with E-state index in [1.54, 1.807) is 22.5 Å². The third-order valence-corrected chi connectivity index (χ3v) is 8.79. The van der Waals surface area contributed by atoms with Gasteiger partial charge in [0.1, 0.15) is 0 Å². The summed E-state index contributed by atoms with van der Waals surface area (Å²) in [4.78, 5) is 0. The first-order valence-corrected chi connectivity index (χ1v) is 10.8. The summed E-state index contributed by atoms with van der Waals surface area (Å²) < 4.78 is 2.50. The minimum atomic E-state index is 1.04. The molecule has 0 spiro atoms. The SMILES string of the molecule is Cc1c(CC2[C@H]3CCCC[C@@H]23)c(CC2[C@H]3CCCC[C@@H]23)c(C)n1C. The van der Waals surface area contributed by atoms with Crippen molar-refractivity contribution in [1.82, 2.24) is 4.57 Å². The summed E-state index contributed by atoms with van der Waals surface area (Å²) in [6.45, 7) is 4.77. The van der Waals surface area contributed by atoms with Crippen LogP contribution in [0.5, 0.6) is 0 Å². The van der Waals surface area contributed by atoms with Gasteiger partial charge in [-0.1, -0.05) is 25.7 Å². The fourth-order valence-electron chi connectivity index (χ4n) is 6.99. The molecule has 0 aliphatic heterocycles. The second-order valence-corrected chi connectivity index (χ2v) is 9.65. The fraction of sp³-hybridized carbons (Fsp3) is 0.826. The molecule has 0 aromatic carbocycles. The summed E-state index contributed by atoms with van der Waals surface area (Å²) in [5.41, 5.74) is 6.71. The lowest BCUT2D eigenvalue weighted by Crippen LogP contribution is -2.00. The first kappa shape index (κ1) is 15.5. The van der Waals surface area contributed by atoms with E-state index in [0.29, 0.717) is 0 Å². The summed E-state index contributed by atoms with van der Waals surface area (Å²) >= 11 is 0. The zero-order valence-electron chi connectivity index (χ0n) is 16.0. The van der Waals surface area contributed by atoms with Gasteiger partial charge in [-0.25, -0.2) is 0 Å². The number of hydrogen-bond acceptors (Lipinski definition) is 0. The molecule has 2 unspecified atom stereocenters. The fourth-order valence-corrected chi connectivity index (χ4v) is 6.99. The molecule has 1 heterocycles. The van der Waals surface area contributed by atoms with Crippen molar-refractivity contribution in [2.45, 2.75) is 78.1 Å². The third kappa shape index (κ3) is 2.33. The zero-order valence-corrected chi connectivity index (χ0v) is 16.0. The Hall–Kier alpha value is -0.720. The van der Waals surface area contributed by atoms with Crippen molar-refractivity contribution in [2.24, 2.45) is 42.6 Å². The Morgan fingerprint density at radius 2 is 1.00 bits per heavy atom. The van der Waals surface area contributed by atoms with E-state index in [1.807, 2.05) is 0 Å². The molecule has 4 aliphatic rings. The maximum atomic E-state index is 2.50. The molecule has 0 N–H and O–H groups in total. The molecule has 132 valence electrons. The van der Waals surface area contributed by atoms with E-state index in [0.717, 1.165) is 35.5 Å². The van der Waals surface area contributed by atoms with Gasteiger partial charge in [-0.05, 0) is 99.0 Å². The third-order valence-electron chi connectivity index (χ3n) is 8.79. The molecule has 4 saturated carbocycles. The van der Waals surface area contributed by atoms with Crippen LogP contribution in [0.1, 0.15) is 73.9 Å². The van der Waals surface area contributed by atoms with Gasteiger partial charge in [0.25, 0.3) is 0 Å². The predicted octanol–water partition coefficient (Wildman–Crippen LogP) is 5.60. The maximum absolute atomic E-state index is 2.50. The summed E-state index contributed by atoms with van der Waals surface area (Å²) in [5.74, 6) is 6.44. The van der Waals surface area contributed by atoms with Crippen LogP contribution in [0.25, 0.3) is 0 Å². The van der Waals surface area contributed by atoms with Gasteiger partial charge in [-0.2, -0.15) is 0 Å². The molecule has 0 bridgehead atoms. The van der Waals surface area contributed by atoms with Gasteiger partial charge in [0.2, 0.25) is 0 Å².